The maximum Gasteiger partial charge on any atom is 0.350 e. The number of phenolic OH excluding ortho intramolecular Hbond substituents is 1. The van der Waals surface area contributed by atoms with Gasteiger partial charge in [0.05, 0.1) is 5.56 Å². The van der Waals surface area contributed by atoms with Crippen LogP contribution in [0, 0.1) is 0 Å². The Hall–Kier alpha value is -2.40. The molecule has 0 unspecified atom stereocenters. The first-order valence-corrected chi connectivity index (χ1v) is 6.55. The van der Waals surface area contributed by atoms with Gasteiger partial charge in [-0.15, -0.1) is 3.96 Å². The van der Waals surface area contributed by atoms with Gasteiger partial charge in [0.1, 0.15) is 11.5 Å². The van der Waals surface area contributed by atoms with Crippen molar-refractivity contribution in [1.82, 2.24) is 4.98 Å². The maximum absolute atomic E-state index is 9.96. The Morgan fingerprint density at radius 3 is 2.42 bits per heavy atom. The molecule has 1 heterocycles. The summed E-state index contributed by atoms with van der Waals surface area (Å²) in [6.07, 6.45) is 0. The molecule has 19 heavy (non-hydrogen) atoms. The van der Waals surface area contributed by atoms with E-state index in [0.717, 1.165) is 11.4 Å². The van der Waals surface area contributed by atoms with E-state index in [2.05, 4.69) is 4.98 Å². The predicted octanol–water partition coefficient (Wildman–Crippen LogP) is 2.37. The Morgan fingerprint density at radius 1 is 1.00 bits per heavy atom. The molecule has 3 aromatic rings. The van der Waals surface area contributed by atoms with E-state index in [1.807, 2.05) is 46.4 Å². The number of aromatic nitrogens is 2. The van der Waals surface area contributed by atoms with E-state index in [1.165, 1.54) is 11.5 Å². The number of para-hydroxylation sites is 2. The van der Waals surface area contributed by atoms with Gasteiger partial charge in [-0.25, -0.2) is 0 Å². The molecule has 0 amide bonds. The molecule has 0 atom stereocenters. The van der Waals surface area contributed by atoms with E-state index < -0.39 is 0 Å². The van der Waals surface area contributed by atoms with Gasteiger partial charge < -0.3 is 10.8 Å². The first kappa shape index (κ1) is 11.7. The first-order valence-electron chi connectivity index (χ1n) is 5.78. The SMILES string of the molecule is Nc1nc(-c2ccccc2)[n+](-c2ccccc2O)s1. The molecule has 94 valence electrons. The second-order valence-electron chi connectivity index (χ2n) is 4.01. The molecule has 0 aliphatic carbocycles. The molecule has 3 rings (SSSR count). The molecule has 0 fully saturated rings. The number of rotatable bonds is 2. The van der Waals surface area contributed by atoms with Gasteiger partial charge in [-0.05, 0) is 29.2 Å². The van der Waals surface area contributed by atoms with Gasteiger partial charge in [-0.3, -0.25) is 0 Å². The Bertz CT molecular complexity index is 710. The van der Waals surface area contributed by atoms with Crippen molar-refractivity contribution in [3.8, 4) is 22.8 Å². The van der Waals surface area contributed by atoms with E-state index >= 15 is 0 Å². The lowest BCUT2D eigenvalue weighted by Gasteiger charge is -2.00. The van der Waals surface area contributed by atoms with Crippen LogP contribution in [0.4, 0.5) is 5.13 Å². The third kappa shape index (κ3) is 2.15. The van der Waals surface area contributed by atoms with Crippen molar-refractivity contribution in [2.24, 2.45) is 0 Å². The van der Waals surface area contributed by atoms with Gasteiger partial charge in [0, 0.05) is 0 Å². The van der Waals surface area contributed by atoms with E-state index in [4.69, 9.17) is 5.73 Å². The highest BCUT2D eigenvalue weighted by Crippen LogP contribution is 2.23. The van der Waals surface area contributed by atoms with Gasteiger partial charge in [0.15, 0.2) is 11.4 Å². The first-order chi connectivity index (χ1) is 9.25. The van der Waals surface area contributed by atoms with Gasteiger partial charge in [-0.1, -0.05) is 30.3 Å². The van der Waals surface area contributed by atoms with E-state index in [-0.39, 0.29) is 5.75 Å². The van der Waals surface area contributed by atoms with E-state index in [0.29, 0.717) is 10.8 Å². The van der Waals surface area contributed by atoms with Crippen molar-refractivity contribution in [2.75, 3.05) is 5.73 Å². The highest BCUT2D eigenvalue weighted by molar-refractivity contribution is 7.05. The standard InChI is InChI=1S/C14H11N3OS/c15-14-16-13(10-6-2-1-3-7-10)17(19-14)11-8-4-5-9-12(11)18/h1-9,15,18H/p+1. The minimum absolute atomic E-state index is 0.202. The third-order valence-corrected chi connectivity index (χ3v) is 3.56. The summed E-state index contributed by atoms with van der Waals surface area (Å²) >= 11 is 1.30. The maximum atomic E-state index is 9.96. The summed E-state index contributed by atoms with van der Waals surface area (Å²) < 4.78 is 1.83. The Labute approximate surface area is 114 Å². The van der Waals surface area contributed by atoms with Crippen LogP contribution in [-0.2, 0) is 0 Å². The number of hydrogen-bond donors (Lipinski definition) is 2. The molecule has 0 spiro atoms. The summed E-state index contributed by atoms with van der Waals surface area (Å²) in [5.41, 5.74) is 7.44. The fraction of sp³-hybridized carbons (Fsp3) is 0. The zero-order chi connectivity index (χ0) is 13.2. The molecule has 2 aromatic carbocycles. The van der Waals surface area contributed by atoms with Crippen molar-refractivity contribution in [1.29, 1.82) is 0 Å². The van der Waals surface area contributed by atoms with Crippen LogP contribution in [-0.4, -0.2) is 10.1 Å². The van der Waals surface area contributed by atoms with Crippen molar-refractivity contribution in [2.45, 2.75) is 0 Å². The fourth-order valence-electron chi connectivity index (χ4n) is 1.88. The summed E-state index contributed by atoms with van der Waals surface area (Å²) in [5, 5.41) is 10.4. The largest absolute Gasteiger partial charge is 0.504 e. The summed E-state index contributed by atoms with van der Waals surface area (Å²) in [6, 6.07) is 16.9. The smallest absolute Gasteiger partial charge is 0.350 e. The van der Waals surface area contributed by atoms with Gasteiger partial charge in [0.25, 0.3) is 0 Å². The van der Waals surface area contributed by atoms with Crippen LogP contribution >= 0.6 is 11.5 Å². The average molecular weight is 270 g/mol. The molecule has 0 saturated carbocycles. The molecular weight excluding hydrogens is 258 g/mol. The predicted molar refractivity (Wildman–Crippen MR) is 75.2 cm³/mol. The van der Waals surface area contributed by atoms with Crippen LogP contribution < -0.4 is 9.69 Å². The highest BCUT2D eigenvalue weighted by Gasteiger charge is 2.24. The van der Waals surface area contributed by atoms with Crippen LogP contribution in [0.3, 0.4) is 0 Å². The molecule has 5 heteroatoms. The van der Waals surface area contributed by atoms with E-state index in [1.54, 1.807) is 12.1 Å². The van der Waals surface area contributed by atoms with Crippen LogP contribution in [0.15, 0.2) is 54.6 Å². The minimum Gasteiger partial charge on any atom is -0.504 e. The van der Waals surface area contributed by atoms with Crippen LogP contribution in [0.25, 0.3) is 17.1 Å². The molecule has 0 aliphatic heterocycles. The van der Waals surface area contributed by atoms with Crippen molar-refractivity contribution >= 4 is 16.7 Å². The zero-order valence-electron chi connectivity index (χ0n) is 10.0. The summed E-state index contributed by atoms with van der Waals surface area (Å²) in [4.78, 5) is 4.35. The Morgan fingerprint density at radius 2 is 1.68 bits per heavy atom. The zero-order valence-corrected chi connectivity index (χ0v) is 10.8. The number of hydrogen-bond acceptors (Lipinski definition) is 4. The monoisotopic (exact) mass is 270 g/mol. The number of aromatic hydroxyl groups is 1. The van der Waals surface area contributed by atoms with Crippen LogP contribution in [0.5, 0.6) is 5.75 Å². The number of nitrogens with zero attached hydrogens (tertiary/aromatic N) is 2. The van der Waals surface area contributed by atoms with Crippen LogP contribution in [0.2, 0.25) is 0 Å². The third-order valence-electron chi connectivity index (χ3n) is 2.73. The molecule has 4 nitrogen and oxygen atoms in total. The number of benzene rings is 2. The van der Waals surface area contributed by atoms with E-state index in [9.17, 15) is 5.11 Å². The number of nitrogen functional groups attached to an aromatic ring is 1. The molecule has 0 aliphatic rings. The molecule has 0 saturated heterocycles. The van der Waals surface area contributed by atoms with Gasteiger partial charge in [0.2, 0.25) is 0 Å². The summed E-state index contributed by atoms with van der Waals surface area (Å²) in [5.74, 6) is 0.929. The number of anilines is 1. The number of phenols is 1. The number of nitrogens with two attached hydrogens (primary N) is 1. The second kappa shape index (κ2) is 4.70. The van der Waals surface area contributed by atoms with Crippen molar-refractivity contribution in [3.05, 3.63) is 54.6 Å². The van der Waals surface area contributed by atoms with Crippen molar-refractivity contribution in [3.63, 3.8) is 0 Å². The molecule has 0 radical (unpaired) electrons. The Kier molecular flexibility index (Phi) is 2.89. The van der Waals surface area contributed by atoms with Crippen molar-refractivity contribution < 1.29 is 9.06 Å². The molecule has 1 aromatic heterocycles. The molecule has 3 N–H and O–H groups in total. The van der Waals surface area contributed by atoms with Crippen LogP contribution in [0.1, 0.15) is 0 Å². The lowest BCUT2D eigenvalue weighted by Crippen LogP contribution is -2.28. The summed E-state index contributed by atoms with van der Waals surface area (Å²) in [6.45, 7) is 0. The summed E-state index contributed by atoms with van der Waals surface area (Å²) in [7, 11) is 0. The average Bonchev–Trinajstić information content (AvgIpc) is 2.82. The lowest BCUT2D eigenvalue weighted by molar-refractivity contribution is -0.510. The lowest BCUT2D eigenvalue weighted by atomic mass is 10.2. The molecule has 0 bridgehead atoms. The highest BCUT2D eigenvalue weighted by atomic mass is 32.1. The topological polar surface area (TPSA) is 63.0 Å². The van der Waals surface area contributed by atoms with Gasteiger partial charge in [-0.2, -0.15) is 0 Å². The minimum atomic E-state index is 0.202. The van der Waals surface area contributed by atoms with Gasteiger partial charge >= 0.3 is 11.0 Å². The molecular formula is C14H12N3OS+. The fourth-order valence-corrected chi connectivity index (χ4v) is 2.67. The second-order valence-corrected chi connectivity index (χ2v) is 4.98. The quantitative estimate of drug-likeness (QED) is 0.703. The Balaban J connectivity index is 2.21. The normalized spacial score (nSPS) is 10.5.